The van der Waals surface area contributed by atoms with Crippen molar-refractivity contribution < 1.29 is 9.59 Å². The number of hydrogen-bond acceptors (Lipinski definition) is 3. The fraction of sp³-hybridized carbons (Fsp3) is 0.400. The van der Waals surface area contributed by atoms with E-state index in [9.17, 15) is 9.59 Å². The van der Waals surface area contributed by atoms with E-state index in [0.717, 1.165) is 56.3 Å². The maximum absolute atomic E-state index is 12.5. The number of allylic oxidation sites excluding steroid dienone is 1. The van der Waals surface area contributed by atoms with E-state index in [1.807, 2.05) is 53.4 Å². The van der Waals surface area contributed by atoms with Gasteiger partial charge in [-0.2, -0.15) is 0 Å². The average molecular weight is 391 g/mol. The Labute approximate surface area is 173 Å². The van der Waals surface area contributed by atoms with E-state index in [1.165, 1.54) is 6.42 Å². The van der Waals surface area contributed by atoms with Crippen LogP contribution in [0.15, 0.2) is 60.9 Å². The number of amides is 1. The molecular weight excluding hydrogens is 360 g/mol. The Morgan fingerprint density at radius 3 is 2.52 bits per heavy atom. The summed E-state index contributed by atoms with van der Waals surface area (Å²) >= 11 is 0. The molecule has 1 amide bonds. The minimum absolute atomic E-state index is 0.155. The normalized spacial score (nSPS) is 15.0. The van der Waals surface area contributed by atoms with E-state index in [-0.39, 0.29) is 11.7 Å². The molecular formula is C25H30N2O2. The van der Waals surface area contributed by atoms with Gasteiger partial charge in [0.1, 0.15) is 0 Å². The standard InChI is InChI=1S/C25H30N2O2/c28-24(14-13-22-9-7-17-26-20-22)12-6-1-3-8-21-15-18-27(19-16-21)25(29)23-10-4-2-5-11-23/h2,4-5,7,9-11,13-14,17,20-21H,1,3,6,8,12,15-16,18-19H2/b14-13+. The first-order valence-electron chi connectivity index (χ1n) is 10.7. The molecule has 1 aliphatic heterocycles. The molecule has 0 bridgehead atoms. The molecule has 0 unspecified atom stereocenters. The number of rotatable bonds is 9. The van der Waals surface area contributed by atoms with Crippen LogP contribution in [0.25, 0.3) is 6.08 Å². The number of benzene rings is 1. The van der Waals surface area contributed by atoms with E-state index >= 15 is 0 Å². The minimum Gasteiger partial charge on any atom is -0.339 e. The van der Waals surface area contributed by atoms with Gasteiger partial charge in [0.2, 0.25) is 0 Å². The first kappa shape index (κ1) is 21.0. The molecule has 0 spiro atoms. The predicted molar refractivity (Wildman–Crippen MR) is 116 cm³/mol. The minimum atomic E-state index is 0.155. The topological polar surface area (TPSA) is 50.3 Å². The molecule has 0 N–H and O–H groups in total. The summed E-state index contributed by atoms with van der Waals surface area (Å²) < 4.78 is 0. The molecule has 0 radical (unpaired) electrons. The third-order valence-electron chi connectivity index (χ3n) is 5.60. The lowest BCUT2D eigenvalue weighted by atomic mass is 9.90. The van der Waals surface area contributed by atoms with Gasteiger partial charge in [0.05, 0.1) is 0 Å². The second-order valence-electron chi connectivity index (χ2n) is 7.79. The SMILES string of the molecule is O=C(/C=C/c1cccnc1)CCCCCC1CCN(C(=O)c2ccccc2)CC1. The summed E-state index contributed by atoms with van der Waals surface area (Å²) in [6, 6.07) is 13.4. The molecule has 1 aromatic heterocycles. The average Bonchev–Trinajstić information content (AvgIpc) is 2.79. The number of hydrogen-bond donors (Lipinski definition) is 0. The molecule has 29 heavy (non-hydrogen) atoms. The summed E-state index contributed by atoms with van der Waals surface area (Å²) in [6.45, 7) is 1.71. The third kappa shape index (κ3) is 6.97. The Kier molecular flexibility index (Phi) is 8.17. The van der Waals surface area contributed by atoms with Gasteiger partial charge in [-0.15, -0.1) is 0 Å². The number of carbonyl (C=O) groups excluding carboxylic acids is 2. The zero-order chi connectivity index (χ0) is 20.3. The number of likely N-dealkylation sites (tertiary alicyclic amines) is 1. The summed E-state index contributed by atoms with van der Waals surface area (Å²) in [5.74, 6) is 1.04. The Bertz CT molecular complexity index is 794. The molecule has 0 saturated carbocycles. The molecule has 152 valence electrons. The van der Waals surface area contributed by atoms with Gasteiger partial charge in [0, 0.05) is 37.5 Å². The van der Waals surface area contributed by atoms with Crippen LogP contribution >= 0.6 is 0 Å². The van der Waals surface area contributed by atoms with Crippen molar-refractivity contribution in [3.8, 4) is 0 Å². The highest BCUT2D eigenvalue weighted by Crippen LogP contribution is 2.24. The third-order valence-corrected chi connectivity index (χ3v) is 5.60. The van der Waals surface area contributed by atoms with Crippen molar-refractivity contribution in [1.29, 1.82) is 0 Å². The van der Waals surface area contributed by atoms with Crippen LogP contribution < -0.4 is 0 Å². The number of nitrogens with zero attached hydrogens (tertiary/aromatic N) is 2. The van der Waals surface area contributed by atoms with Gasteiger partial charge in [0.15, 0.2) is 5.78 Å². The monoisotopic (exact) mass is 390 g/mol. The van der Waals surface area contributed by atoms with E-state index in [0.29, 0.717) is 12.3 Å². The Morgan fingerprint density at radius 1 is 1.00 bits per heavy atom. The summed E-state index contributed by atoms with van der Waals surface area (Å²) in [5.41, 5.74) is 1.74. The van der Waals surface area contributed by atoms with E-state index in [2.05, 4.69) is 4.98 Å². The van der Waals surface area contributed by atoms with Gasteiger partial charge in [-0.25, -0.2) is 0 Å². The quantitative estimate of drug-likeness (QED) is 0.438. The Balaban J connectivity index is 1.27. The zero-order valence-electron chi connectivity index (χ0n) is 17.0. The second-order valence-corrected chi connectivity index (χ2v) is 7.79. The summed E-state index contributed by atoms with van der Waals surface area (Å²) in [7, 11) is 0. The van der Waals surface area contributed by atoms with E-state index in [1.54, 1.807) is 18.5 Å². The molecule has 0 aliphatic carbocycles. The molecule has 1 saturated heterocycles. The molecule has 1 aliphatic rings. The smallest absolute Gasteiger partial charge is 0.253 e. The predicted octanol–water partition coefficient (Wildman–Crippen LogP) is 5.17. The molecule has 2 heterocycles. The first-order valence-corrected chi connectivity index (χ1v) is 10.7. The lowest BCUT2D eigenvalue weighted by molar-refractivity contribution is -0.114. The van der Waals surface area contributed by atoms with Crippen LogP contribution in [0.2, 0.25) is 0 Å². The molecule has 0 atom stereocenters. The van der Waals surface area contributed by atoms with E-state index in [4.69, 9.17) is 0 Å². The van der Waals surface area contributed by atoms with Crippen LogP contribution in [0, 0.1) is 5.92 Å². The maximum Gasteiger partial charge on any atom is 0.253 e. The van der Waals surface area contributed by atoms with Crippen molar-refractivity contribution in [3.05, 3.63) is 72.1 Å². The van der Waals surface area contributed by atoms with Crippen LogP contribution in [0.1, 0.15) is 60.9 Å². The highest BCUT2D eigenvalue weighted by Gasteiger charge is 2.23. The van der Waals surface area contributed by atoms with Crippen LogP contribution in [0.3, 0.4) is 0 Å². The summed E-state index contributed by atoms with van der Waals surface area (Å²) in [5, 5.41) is 0. The van der Waals surface area contributed by atoms with Gasteiger partial charge in [-0.3, -0.25) is 14.6 Å². The lowest BCUT2D eigenvalue weighted by Crippen LogP contribution is -2.38. The fourth-order valence-electron chi connectivity index (χ4n) is 3.84. The first-order chi connectivity index (χ1) is 14.2. The van der Waals surface area contributed by atoms with Crippen molar-refractivity contribution >= 4 is 17.8 Å². The van der Waals surface area contributed by atoms with Crippen molar-refractivity contribution in [2.24, 2.45) is 5.92 Å². The Hall–Kier alpha value is -2.75. The van der Waals surface area contributed by atoms with Gasteiger partial charge >= 0.3 is 0 Å². The molecule has 1 fully saturated rings. The summed E-state index contributed by atoms with van der Waals surface area (Å²) in [6.07, 6.45) is 14.2. The molecule has 2 aromatic rings. The van der Waals surface area contributed by atoms with Crippen molar-refractivity contribution in [2.75, 3.05) is 13.1 Å². The van der Waals surface area contributed by atoms with Crippen LogP contribution in [-0.2, 0) is 4.79 Å². The molecule has 1 aromatic carbocycles. The number of ketones is 1. The van der Waals surface area contributed by atoms with Crippen LogP contribution in [-0.4, -0.2) is 34.7 Å². The number of unbranched alkanes of at least 4 members (excludes halogenated alkanes) is 2. The van der Waals surface area contributed by atoms with Gasteiger partial charge < -0.3 is 4.90 Å². The Morgan fingerprint density at radius 2 is 1.79 bits per heavy atom. The van der Waals surface area contributed by atoms with Crippen LogP contribution in [0.4, 0.5) is 0 Å². The van der Waals surface area contributed by atoms with Crippen molar-refractivity contribution in [1.82, 2.24) is 9.88 Å². The number of aromatic nitrogens is 1. The largest absolute Gasteiger partial charge is 0.339 e. The number of pyridine rings is 1. The highest BCUT2D eigenvalue weighted by molar-refractivity contribution is 5.94. The van der Waals surface area contributed by atoms with Gasteiger partial charge in [-0.1, -0.05) is 43.5 Å². The van der Waals surface area contributed by atoms with Crippen LogP contribution in [0.5, 0.6) is 0 Å². The molecule has 3 rings (SSSR count). The highest BCUT2D eigenvalue weighted by atomic mass is 16.2. The lowest BCUT2D eigenvalue weighted by Gasteiger charge is -2.32. The zero-order valence-corrected chi connectivity index (χ0v) is 17.0. The van der Waals surface area contributed by atoms with Gasteiger partial charge in [-0.05, 0) is 61.1 Å². The second kappa shape index (κ2) is 11.3. The van der Waals surface area contributed by atoms with Crippen molar-refractivity contribution in [3.63, 3.8) is 0 Å². The molecule has 4 heteroatoms. The van der Waals surface area contributed by atoms with Crippen molar-refractivity contribution in [2.45, 2.75) is 44.9 Å². The fourth-order valence-corrected chi connectivity index (χ4v) is 3.84. The summed E-state index contributed by atoms with van der Waals surface area (Å²) in [4.78, 5) is 30.5. The molecule has 4 nitrogen and oxygen atoms in total. The van der Waals surface area contributed by atoms with Gasteiger partial charge in [0.25, 0.3) is 5.91 Å². The number of carbonyl (C=O) groups is 2. The van der Waals surface area contributed by atoms with E-state index < -0.39 is 0 Å². The number of piperidine rings is 1. The maximum atomic E-state index is 12.5.